The van der Waals surface area contributed by atoms with Gasteiger partial charge < -0.3 is 9.47 Å². The van der Waals surface area contributed by atoms with Crippen molar-refractivity contribution in [3.63, 3.8) is 0 Å². The molecular weight excluding hydrogens is 424 g/mol. The zero-order valence-corrected chi connectivity index (χ0v) is 21.7. The minimum absolute atomic E-state index is 0.0146. The molecule has 1 fully saturated rings. The van der Waals surface area contributed by atoms with Gasteiger partial charge in [0, 0.05) is 24.0 Å². The molecule has 184 valence electrons. The van der Waals surface area contributed by atoms with Gasteiger partial charge in [-0.1, -0.05) is 44.6 Å². The lowest BCUT2D eigenvalue weighted by atomic mass is 9.52. The molecule has 0 spiro atoms. The third kappa shape index (κ3) is 3.46. The van der Waals surface area contributed by atoms with Crippen LogP contribution in [0.3, 0.4) is 0 Å². The van der Waals surface area contributed by atoms with E-state index < -0.39 is 5.60 Å². The second kappa shape index (κ2) is 7.96. The van der Waals surface area contributed by atoms with E-state index in [9.17, 15) is 9.59 Å². The second-order valence-corrected chi connectivity index (χ2v) is 12.4. The van der Waals surface area contributed by atoms with Crippen molar-refractivity contribution in [3.8, 4) is 0 Å². The van der Waals surface area contributed by atoms with Crippen molar-refractivity contribution in [1.82, 2.24) is 0 Å². The number of rotatable bonds is 2. The Morgan fingerprint density at radius 3 is 2.53 bits per heavy atom. The molecule has 0 bridgehead atoms. The van der Waals surface area contributed by atoms with Crippen LogP contribution in [0.4, 0.5) is 0 Å². The highest BCUT2D eigenvalue weighted by molar-refractivity contribution is 5.88. The summed E-state index contributed by atoms with van der Waals surface area (Å²) in [6, 6.07) is 0. The van der Waals surface area contributed by atoms with Gasteiger partial charge in [0.05, 0.1) is 0 Å². The van der Waals surface area contributed by atoms with E-state index in [1.54, 1.807) is 11.6 Å². The molecule has 5 aliphatic rings. The number of hydrogen-bond acceptors (Lipinski definition) is 4. The van der Waals surface area contributed by atoms with Crippen molar-refractivity contribution in [3.05, 3.63) is 46.6 Å². The molecule has 6 atom stereocenters. The van der Waals surface area contributed by atoms with E-state index >= 15 is 0 Å². The summed E-state index contributed by atoms with van der Waals surface area (Å²) >= 11 is 0. The molecule has 4 nitrogen and oxygen atoms in total. The monoisotopic (exact) mass is 464 g/mol. The molecule has 3 aliphatic carbocycles. The van der Waals surface area contributed by atoms with Gasteiger partial charge in [-0.05, 0) is 93.1 Å². The van der Waals surface area contributed by atoms with Crippen LogP contribution in [0.25, 0.3) is 0 Å². The van der Waals surface area contributed by atoms with Gasteiger partial charge in [0.15, 0.2) is 0 Å². The average Bonchev–Trinajstić information content (AvgIpc) is 2.88. The zero-order chi connectivity index (χ0) is 24.5. The van der Waals surface area contributed by atoms with E-state index in [-0.39, 0.29) is 34.8 Å². The van der Waals surface area contributed by atoms with Gasteiger partial charge in [-0.25, -0.2) is 9.59 Å². The van der Waals surface area contributed by atoms with Gasteiger partial charge >= 0.3 is 11.9 Å². The normalized spacial score (nSPS) is 40.0. The lowest BCUT2D eigenvalue weighted by Crippen LogP contribution is -2.46. The van der Waals surface area contributed by atoms with E-state index in [0.717, 1.165) is 37.7 Å². The van der Waals surface area contributed by atoms with Crippen LogP contribution in [-0.4, -0.2) is 23.6 Å². The Hall–Kier alpha value is -2.10. The molecule has 0 amide bonds. The highest BCUT2D eigenvalue weighted by Crippen LogP contribution is 2.68. The fourth-order valence-electron chi connectivity index (χ4n) is 8.19. The molecule has 2 heterocycles. The number of carbonyl (C=O) groups is 2. The summed E-state index contributed by atoms with van der Waals surface area (Å²) in [6.07, 6.45) is 15.6. The van der Waals surface area contributed by atoms with E-state index in [0.29, 0.717) is 11.8 Å². The second-order valence-electron chi connectivity index (χ2n) is 12.4. The Kier molecular flexibility index (Phi) is 5.53. The Balaban J connectivity index is 1.47. The van der Waals surface area contributed by atoms with Crippen molar-refractivity contribution in [1.29, 1.82) is 0 Å². The Labute approximate surface area is 204 Å². The molecule has 0 aromatic heterocycles. The summed E-state index contributed by atoms with van der Waals surface area (Å²) in [7, 11) is 0. The van der Waals surface area contributed by atoms with Crippen molar-refractivity contribution in [2.24, 2.45) is 28.6 Å². The van der Waals surface area contributed by atoms with E-state index in [1.807, 2.05) is 13.0 Å². The number of esters is 2. The lowest BCUT2D eigenvalue weighted by molar-refractivity contribution is -0.153. The van der Waals surface area contributed by atoms with E-state index in [4.69, 9.17) is 9.47 Å². The maximum absolute atomic E-state index is 12.3. The van der Waals surface area contributed by atoms with Crippen LogP contribution in [0.1, 0.15) is 86.5 Å². The van der Waals surface area contributed by atoms with Crippen molar-refractivity contribution in [2.45, 2.75) is 98.2 Å². The number of carbonyl (C=O) groups excluding carboxylic acids is 2. The Morgan fingerprint density at radius 2 is 1.79 bits per heavy atom. The zero-order valence-electron chi connectivity index (χ0n) is 21.7. The summed E-state index contributed by atoms with van der Waals surface area (Å²) in [5, 5.41) is 0. The fourth-order valence-corrected chi connectivity index (χ4v) is 8.19. The average molecular weight is 465 g/mol. The third-order valence-electron chi connectivity index (χ3n) is 10.5. The smallest absolute Gasteiger partial charge is 0.333 e. The van der Waals surface area contributed by atoms with Crippen molar-refractivity contribution >= 4 is 11.9 Å². The van der Waals surface area contributed by atoms with Crippen molar-refractivity contribution in [2.75, 3.05) is 0 Å². The molecule has 0 aromatic rings. The number of cyclic esters (lactones) is 2. The van der Waals surface area contributed by atoms with Gasteiger partial charge in [0.2, 0.25) is 0 Å². The quantitative estimate of drug-likeness (QED) is 0.431. The maximum Gasteiger partial charge on any atom is 0.333 e. The minimum Gasteiger partial charge on any atom is -0.458 e. The minimum atomic E-state index is -0.505. The van der Waals surface area contributed by atoms with E-state index in [2.05, 4.69) is 46.8 Å². The summed E-state index contributed by atoms with van der Waals surface area (Å²) < 4.78 is 11.7. The molecule has 5 rings (SSSR count). The first-order valence-corrected chi connectivity index (χ1v) is 13.2. The van der Waals surface area contributed by atoms with Crippen LogP contribution in [0.5, 0.6) is 0 Å². The topological polar surface area (TPSA) is 52.6 Å². The highest BCUT2D eigenvalue weighted by Gasteiger charge is 2.60. The van der Waals surface area contributed by atoms with Crippen LogP contribution >= 0.6 is 0 Å². The number of hydrogen-bond donors (Lipinski definition) is 0. The fraction of sp³-hybridized carbons (Fsp3) is 0.667. The maximum atomic E-state index is 12.3. The molecule has 1 saturated carbocycles. The molecule has 34 heavy (non-hydrogen) atoms. The summed E-state index contributed by atoms with van der Waals surface area (Å²) in [5.74, 6) is 0.711. The number of ether oxygens (including phenoxy) is 2. The first-order valence-electron chi connectivity index (χ1n) is 13.2. The molecule has 0 radical (unpaired) electrons. The first-order chi connectivity index (χ1) is 16.0. The van der Waals surface area contributed by atoms with Crippen LogP contribution < -0.4 is 0 Å². The summed E-state index contributed by atoms with van der Waals surface area (Å²) in [6.45, 7) is 13.3. The molecule has 1 unspecified atom stereocenters. The molecule has 0 saturated heterocycles. The van der Waals surface area contributed by atoms with Gasteiger partial charge in [0.25, 0.3) is 0 Å². The summed E-state index contributed by atoms with van der Waals surface area (Å²) in [5.41, 5.74) is 4.93. The largest absolute Gasteiger partial charge is 0.458 e. The molecule has 0 aromatic carbocycles. The van der Waals surface area contributed by atoms with Crippen LogP contribution in [0.2, 0.25) is 0 Å². The van der Waals surface area contributed by atoms with Crippen LogP contribution in [-0.2, 0) is 19.1 Å². The highest BCUT2D eigenvalue weighted by atomic mass is 16.6. The molecule has 2 aliphatic heterocycles. The van der Waals surface area contributed by atoms with Crippen LogP contribution in [0.15, 0.2) is 46.6 Å². The Bertz CT molecular complexity index is 1040. The van der Waals surface area contributed by atoms with E-state index in [1.165, 1.54) is 24.0 Å². The number of fused-ring (bicyclic) bond motifs is 3. The van der Waals surface area contributed by atoms with Gasteiger partial charge in [0.1, 0.15) is 11.7 Å². The molecule has 0 N–H and O–H groups in total. The standard InChI is InChI=1S/C30H40O4/c1-18-7-11-25(33-27(18)32)19(2)22-14-16-30(6)24-10-9-23-20(8-12-26(31)34-28(23,3)4)17-21(24)13-15-29(22,30)5/h7-8,12,17,19,22-23,25H,9-11,13-16H2,1-6H3/t19-,22+,23?,25+,29+,30+/m0/s1. The predicted octanol–water partition coefficient (Wildman–Crippen LogP) is 6.63. The molecular formula is C30H40O4. The summed E-state index contributed by atoms with van der Waals surface area (Å²) in [4.78, 5) is 24.4. The SMILES string of the molecule is CC1=CC[C@H]([C@@H](C)[C@H]2CC[C@]3(C)C4=C(C=C5C=CC(=O)OC(C)(C)C5CC4)CC[C@]23C)OC1=O. The lowest BCUT2D eigenvalue weighted by Gasteiger charge is -2.52. The van der Waals surface area contributed by atoms with Crippen molar-refractivity contribution < 1.29 is 19.1 Å². The Morgan fingerprint density at radius 1 is 1.03 bits per heavy atom. The molecule has 4 heteroatoms. The van der Waals surface area contributed by atoms with Crippen LogP contribution in [0, 0.1) is 28.6 Å². The first kappa shape index (κ1) is 23.6. The predicted molar refractivity (Wildman–Crippen MR) is 133 cm³/mol. The van der Waals surface area contributed by atoms with Gasteiger partial charge in [-0.2, -0.15) is 0 Å². The van der Waals surface area contributed by atoms with Gasteiger partial charge in [-0.15, -0.1) is 0 Å². The third-order valence-corrected chi connectivity index (χ3v) is 10.5. The van der Waals surface area contributed by atoms with Gasteiger partial charge in [-0.3, -0.25) is 0 Å². The number of allylic oxidation sites excluding steroid dienone is 4.